The molecule has 0 radical (unpaired) electrons. The Kier molecular flexibility index (Phi) is 4.39. The van der Waals surface area contributed by atoms with E-state index < -0.39 is 10.0 Å². The lowest BCUT2D eigenvalue weighted by Crippen LogP contribution is -2.26. The third kappa shape index (κ3) is 3.72. The number of benzene rings is 1. The number of hydrazone groups is 1. The molecule has 3 rings (SSSR count). The molecular weight excluding hydrogens is 308 g/mol. The van der Waals surface area contributed by atoms with Crippen molar-refractivity contribution < 1.29 is 8.42 Å². The first-order chi connectivity index (χ1) is 11.0. The highest BCUT2D eigenvalue weighted by Gasteiger charge is 2.29. The Morgan fingerprint density at radius 2 is 1.91 bits per heavy atom. The van der Waals surface area contributed by atoms with E-state index in [0.29, 0.717) is 0 Å². The molecule has 1 atom stereocenters. The second-order valence-electron chi connectivity index (χ2n) is 6.42. The Balaban J connectivity index is 1.70. The van der Waals surface area contributed by atoms with Crippen LogP contribution in [-0.2, 0) is 10.0 Å². The van der Waals surface area contributed by atoms with Crippen molar-refractivity contribution in [1.82, 2.24) is 4.83 Å². The van der Waals surface area contributed by atoms with E-state index in [2.05, 4.69) is 28.2 Å². The maximum absolute atomic E-state index is 12.2. The summed E-state index contributed by atoms with van der Waals surface area (Å²) in [5.41, 5.74) is 2.07. The summed E-state index contributed by atoms with van der Waals surface area (Å²) in [6, 6.07) is 6.75. The fourth-order valence-corrected chi connectivity index (χ4v) is 3.92. The van der Waals surface area contributed by atoms with Gasteiger partial charge in [0.25, 0.3) is 10.0 Å². The zero-order chi connectivity index (χ0) is 16.3. The molecule has 2 aliphatic rings. The standard InChI is InChI=1S/C18H22N2O2S/c1-15-5-7-17(8-6-15)23(21,22)20-19-16-9-13-18(14-10-16)11-3-2-4-12-18/h2-3,5-9,13,20H,4,10-12,14H2,1H3/b19-16+. The second-order valence-corrected chi connectivity index (χ2v) is 8.08. The predicted molar refractivity (Wildman–Crippen MR) is 92.7 cm³/mol. The summed E-state index contributed by atoms with van der Waals surface area (Å²) in [5, 5.41) is 4.11. The first-order valence-corrected chi connectivity index (χ1v) is 9.47. The second kappa shape index (κ2) is 6.32. The Bertz CT molecular complexity index is 761. The molecule has 0 bridgehead atoms. The molecule has 23 heavy (non-hydrogen) atoms. The third-order valence-electron chi connectivity index (χ3n) is 4.65. The average Bonchev–Trinajstić information content (AvgIpc) is 2.56. The highest BCUT2D eigenvalue weighted by Crippen LogP contribution is 2.40. The van der Waals surface area contributed by atoms with Crippen LogP contribution in [0.4, 0.5) is 0 Å². The van der Waals surface area contributed by atoms with E-state index in [1.807, 2.05) is 13.0 Å². The number of aryl methyl sites for hydroxylation is 1. The van der Waals surface area contributed by atoms with Gasteiger partial charge in [0.15, 0.2) is 0 Å². The number of sulfonamides is 1. The molecule has 1 aromatic rings. The molecule has 0 saturated carbocycles. The molecule has 1 spiro atoms. The van der Waals surface area contributed by atoms with E-state index in [9.17, 15) is 8.42 Å². The number of nitrogens with zero attached hydrogens (tertiary/aromatic N) is 1. The smallest absolute Gasteiger partial charge is 0.200 e. The highest BCUT2D eigenvalue weighted by molar-refractivity contribution is 7.89. The molecule has 5 heteroatoms. The molecule has 0 aliphatic heterocycles. The quantitative estimate of drug-likeness (QED) is 0.678. The van der Waals surface area contributed by atoms with Crippen LogP contribution in [0.1, 0.15) is 37.7 Å². The van der Waals surface area contributed by atoms with E-state index >= 15 is 0 Å². The molecule has 1 N–H and O–H groups in total. The molecular formula is C18H22N2O2S. The molecule has 0 heterocycles. The summed E-state index contributed by atoms with van der Waals surface area (Å²) < 4.78 is 24.5. The molecule has 1 aromatic carbocycles. The van der Waals surface area contributed by atoms with E-state index in [1.165, 1.54) is 6.42 Å². The van der Waals surface area contributed by atoms with Gasteiger partial charge in [-0.05, 0) is 62.7 Å². The Morgan fingerprint density at radius 1 is 1.13 bits per heavy atom. The van der Waals surface area contributed by atoms with Gasteiger partial charge in [0, 0.05) is 0 Å². The summed E-state index contributed by atoms with van der Waals surface area (Å²) in [7, 11) is -3.59. The van der Waals surface area contributed by atoms with Crippen molar-refractivity contribution in [2.24, 2.45) is 10.5 Å². The summed E-state index contributed by atoms with van der Waals surface area (Å²) in [4.78, 5) is 2.59. The lowest BCUT2D eigenvalue weighted by molar-refractivity contribution is 0.319. The van der Waals surface area contributed by atoms with Gasteiger partial charge in [0.05, 0.1) is 10.6 Å². The normalized spacial score (nSPS) is 25.9. The van der Waals surface area contributed by atoms with Crippen LogP contribution in [0.5, 0.6) is 0 Å². The maximum atomic E-state index is 12.2. The van der Waals surface area contributed by atoms with Gasteiger partial charge in [-0.2, -0.15) is 18.4 Å². The first-order valence-electron chi connectivity index (χ1n) is 7.98. The summed E-state index contributed by atoms with van der Waals surface area (Å²) in [5.74, 6) is 0. The minimum atomic E-state index is -3.59. The van der Waals surface area contributed by atoms with Crippen LogP contribution in [0.2, 0.25) is 0 Å². The van der Waals surface area contributed by atoms with Crippen LogP contribution in [0, 0.1) is 12.3 Å². The van der Waals surface area contributed by atoms with Crippen molar-refractivity contribution >= 4 is 15.7 Å². The van der Waals surface area contributed by atoms with Crippen molar-refractivity contribution in [1.29, 1.82) is 0 Å². The minimum Gasteiger partial charge on any atom is -0.200 e. The maximum Gasteiger partial charge on any atom is 0.276 e. The lowest BCUT2D eigenvalue weighted by atomic mass is 9.71. The number of rotatable bonds is 3. The summed E-state index contributed by atoms with van der Waals surface area (Å²) in [6.07, 6.45) is 13.9. The molecule has 0 saturated heterocycles. The topological polar surface area (TPSA) is 58.5 Å². The zero-order valence-corrected chi connectivity index (χ0v) is 14.1. The van der Waals surface area contributed by atoms with E-state index in [1.54, 1.807) is 24.3 Å². The molecule has 1 unspecified atom stereocenters. The van der Waals surface area contributed by atoms with Gasteiger partial charge in [-0.1, -0.05) is 35.9 Å². The summed E-state index contributed by atoms with van der Waals surface area (Å²) in [6.45, 7) is 1.92. The Labute approximate surface area is 138 Å². The van der Waals surface area contributed by atoms with Crippen molar-refractivity contribution in [3.05, 3.63) is 54.1 Å². The zero-order valence-electron chi connectivity index (χ0n) is 13.3. The fraction of sp³-hybridized carbons (Fsp3) is 0.389. The van der Waals surface area contributed by atoms with Crippen molar-refractivity contribution in [2.75, 3.05) is 0 Å². The van der Waals surface area contributed by atoms with Crippen LogP contribution in [0.15, 0.2) is 58.6 Å². The number of nitrogens with one attached hydrogen (secondary N) is 1. The first kappa shape index (κ1) is 16.0. The lowest BCUT2D eigenvalue weighted by Gasteiger charge is -2.34. The molecule has 122 valence electrons. The molecule has 2 aliphatic carbocycles. The van der Waals surface area contributed by atoms with Crippen LogP contribution in [0.25, 0.3) is 0 Å². The van der Waals surface area contributed by atoms with Gasteiger partial charge in [-0.25, -0.2) is 0 Å². The van der Waals surface area contributed by atoms with Crippen molar-refractivity contribution in [3.8, 4) is 0 Å². The van der Waals surface area contributed by atoms with Gasteiger partial charge in [0.2, 0.25) is 0 Å². The van der Waals surface area contributed by atoms with Crippen molar-refractivity contribution in [2.45, 2.75) is 43.9 Å². The molecule has 4 nitrogen and oxygen atoms in total. The largest absolute Gasteiger partial charge is 0.276 e. The van der Waals surface area contributed by atoms with Gasteiger partial charge in [-0.3, -0.25) is 0 Å². The predicted octanol–water partition coefficient (Wildman–Crippen LogP) is 3.71. The SMILES string of the molecule is Cc1ccc(S(=O)(=O)N/N=C2\C=CC3(CC=CCC3)CC2)cc1. The van der Waals surface area contributed by atoms with Gasteiger partial charge in [0.1, 0.15) is 0 Å². The van der Waals surface area contributed by atoms with Crippen LogP contribution in [0.3, 0.4) is 0 Å². The van der Waals surface area contributed by atoms with E-state index in [0.717, 1.165) is 37.0 Å². The Morgan fingerprint density at radius 3 is 2.52 bits per heavy atom. The number of allylic oxidation sites excluding steroid dienone is 4. The summed E-state index contributed by atoms with van der Waals surface area (Å²) >= 11 is 0. The monoisotopic (exact) mass is 330 g/mol. The Hall–Kier alpha value is -1.88. The molecule has 0 fully saturated rings. The average molecular weight is 330 g/mol. The molecule has 0 amide bonds. The van der Waals surface area contributed by atoms with Crippen molar-refractivity contribution in [3.63, 3.8) is 0 Å². The van der Waals surface area contributed by atoms with Crippen LogP contribution < -0.4 is 4.83 Å². The van der Waals surface area contributed by atoms with Gasteiger partial charge in [-0.15, -0.1) is 0 Å². The van der Waals surface area contributed by atoms with Gasteiger partial charge >= 0.3 is 0 Å². The van der Waals surface area contributed by atoms with E-state index in [-0.39, 0.29) is 10.3 Å². The number of hydrogen-bond acceptors (Lipinski definition) is 3. The minimum absolute atomic E-state index is 0.237. The fourth-order valence-electron chi connectivity index (χ4n) is 3.09. The molecule has 0 aromatic heterocycles. The van der Waals surface area contributed by atoms with E-state index in [4.69, 9.17) is 0 Å². The van der Waals surface area contributed by atoms with Gasteiger partial charge < -0.3 is 0 Å². The number of hydrogen-bond donors (Lipinski definition) is 1. The highest BCUT2D eigenvalue weighted by atomic mass is 32.2. The third-order valence-corrected chi connectivity index (χ3v) is 5.87. The van der Waals surface area contributed by atoms with Crippen LogP contribution in [-0.4, -0.2) is 14.1 Å². The van der Waals surface area contributed by atoms with Crippen LogP contribution >= 0.6 is 0 Å².